The highest BCUT2D eigenvalue weighted by Gasteiger charge is 2.35. The van der Waals surface area contributed by atoms with Crippen LogP contribution in [0, 0.1) is 0 Å². The van der Waals surface area contributed by atoms with Gasteiger partial charge in [0.25, 0.3) is 11.8 Å². The lowest BCUT2D eigenvalue weighted by molar-refractivity contribution is 0.0616. The molecule has 178 valence electrons. The fourth-order valence-electron chi connectivity index (χ4n) is 4.92. The van der Waals surface area contributed by atoms with E-state index < -0.39 is 11.8 Å². The average Bonchev–Trinajstić information content (AvgIpc) is 3.33. The SMILES string of the molecule is COc1cc(/C=N\N2C(=O)c3ccc4c5c(ccc(c35)C2=O)CC4)cc(Br)c1OCc1ccccc1. The van der Waals surface area contributed by atoms with Crippen LogP contribution in [0.2, 0.25) is 0 Å². The second-order valence-electron chi connectivity index (χ2n) is 8.77. The molecule has 2 amide bonds. The zero-order chi connectivity index (χ0) is 24.8. The summed E-state index contributed by atoms with van der Waals surface area (Å²) in [6.07, 6.45) is 3.34. The summed E-state index contributed by atoms with van der Waals surface area (Å²) in [4.78, 5) is 26.6. The molecule has 6 rings (SSSR count). The molecule has 1 aliphatic heterocycles. The van der Waals surface area contributed by atoms with Crippen LogP contribution in [0.5, 0.6) is 11.5 Å². The molecule has 7 heteroatoms. The lowest BCUT2D eigenvalue weighted by Gasteiger charge is -2.23. The Labute approximate surface area is 216 Å². The first-order valence-electron chi connectivity index (χ1n) is 11.6. The van der Waals surface area contributed by atoms with E-state index in [4.69, 9.17) is 9.47 Å². The number of hydrogen-bond donors (Lipinski definition) is 0. The summed E-state index contributed by atoms with van der Waals surface area (Å²) in [5.74, 6) is 0.217. The van der Waals surface area contributed by atoms with Gasteiger partial charge in [-0.15, -0.1) is 0 Å². The summed E-state index contributed by atoms with van der Waals surface area (Å²) in [6.45, 7) is 0.383. The maximum Gasteiger partial charge on any atom is 0.282 e. The van der Waals surface area contributed by atoms with Crippen LogP contribution in [0.3, 0.4) is 0 Å². The van der Waals surface area contributed by atoms with Gasteiger partial charge in [0.2, 0.25) is 0 Å². The molecule has 1 heterocycles. The van der Waals surface area contributed by atoms with Crippen molar-refractivity contribution in [2.45, 2.75) is 19.4 Å². The van der Waals surface area contributed by atoms with Crippen molar-refractivity contribution in [2.75, 3.05) is 7.11 Å². The topological polar surface area (TPSA) is 68.2 Å². The van der Waals surface area contributed by atoms with Gasteiger partial charge in [0.1, 0.15) is 6.61 Å². The van der Waals surface area contributed by atoms with Crippen molar-refractivity contribution in [3.63, 3.8) is 0 Å². The standard InChI is InChI=1S/C29H21BrN2O4/c1-35-24-14-18(13-23(30)27(24)36-16-17-5-3-2-4-6-17)15-31-32-28(33)21-11-9-19-7-8-20-10-12-22(29(32)34)26(21)25(19)20/h2-6,9-15H,7-8,16H2,1H3/b31-15-. The van der Waals surface area contributed by atoms with Crippen molar-refractivity contribution in [1.29, 1.82) is 0 Å². The molecule has 1 aliphatic carbocycles. The molecule has 0 fully saturated rings. The highest BCUT2D eigenvalue weighted by Crippen LogP contribution is 2.39. The van der Waals surface area contributed by atoms with Gasteiger partial charge in [0.05, 0.1) is 28.9 Å². The van der Waals surface area contributed by atoms with E-state index in [1.54, 1.807) is 19.2 Å². The molecule has 0 radical (unpaired) electrons. The van der Waals surface area contributed by atoms with Gasteiger partial charge in [-0.3, -0.25) is 9.59 Å². The van der Waals surface area contributed by atoms with E-state index in [1.807, 2.05) is 54.6 Å². The first kappa shape index (κ1) is 22.5. The van der Waals surface area contributed by atoms with E-state index in [1.165, 1.54) is 17.3 Å². The smallest absolute Gasteiger partial charge is 0.282 e. The van der Waals surface area contributed by atoms with Crippen molar-refractivity contribution in [3.8, 4) is 11.5 Å². The Morgan fingerprint density at radius 3 is 2.22 bits per heavy atom. The number of halogens is 1. The maximum absolute atomic E-state index is 13.3. The number of benzene rings is 4. The van der Waals surface area contributed by atoms with Gasteiger partial charge in [-0.05, 0) is 80.7 Å². The van der Waals surface area contributed by atoms with Crippen molar-refractivity contribution in [2.24, 2.45) is 5.10 Å². The van der Waals surface area contributed by atoms with Crippen LogP contribution in [-0.2, 0) is 19.4 Å². The molecule has 36 heavy (non-hydrogen) atoms. The molecule has 2 aliphatic rings. The predicted molar refractivity (Wildman–Crippen MR) is 141 cm³/mol. The summed E-state index contributed by atoms with van der Waals surface area (Å²) < 4.78 is 12.2. The third-order valence-corrected chi connectivity index (χ3v) is 7.23. The van der Waals surface area contributed by atoms with Crippen LogP contribution < -0.4 is 9.47 Å². The molecule has 0 saturated carbocycles. The number of imide groups is 1. The molecule has 0 unspecified atom stereocenters. The summed E-state index contributed by atoms with van der Waals surface area (Å²) >= 11 is 3.55. The fourth-order valence-corrected chi connectivity index (χ4v) is 5.49. The second kappa shape index (κ2) is 8.91. The Morgan fingerprint density at radius 2 is 1.58 bits per heavy atom. The van der Waals surface area contributed by atoms with Gasteiger partial charge in [-0.25, -0.2) is 0 Å². The molecule has 6 nitrogen and oxygen atoms in total. The van der Waals surface area contributed by atoms with Crippen LogP contribution in [-0.4, -0.2) is 30.1 Å². The van der Waals surface area contributed by atoms with Crippen LogP contribution >= 0.6 is 15.9 Å². The van der Waals surface area contributed by atoms with Crippen molar-refractivity contribution < 1.29 is 19.1 Å². The van der Waals surface area contributed by atoms with Gasteiger partial charge >= 0.3 is 0 Å². The predicted octanol–water partition coefficient (Wildman–Crippen LogP) is 5.92. The quantitative estimate of drug-likeness (QED) is 0.225. The lowest BCUT2D eigenvalue weighted by Crippen LogP contribution is -2.36. The number of hydrogen-bond acceptors (Lipinski definition) is 5. The minimum atomic E-state index is -0.423. The number of nitrogens with zero attached hydrogens (tertiary/aromatic N) is 2. The van der Waals surface area contributed by atoms with E-state index in [0.717, 1.165) is 34.2 Å². The Bertz CT molecular complexity index is 1520. The van der Waals surface area contributed by atoms with Crippen LogP contribution in [0.1, 0.15) is 43.0 Å². The molecule has 4 aromatic rings. The molecule has 0 bridgehead atoms. The molecule has 0 atom stereocenters. The first-order chi connectivity index (χ1) is 17.5. The maximum atomic E-state index is 13.3. The Hall–Kier alpha value is -3.97. The largest absolute Gasteiger partial charge is 0.493 e. The number of rotatable bonds is 6. The van der Waals surface area contributed by atoms with Crippen LogP contribution in [0.25, 0.3) is 10.8 Å². The number of carbonyl (C=O) groups is 2. The number of methoxy groups -OCH3 is 1. The lowest BCUT2D eigenvalue weighted by atomic mass is 9.92. The van der Waals surface area contributed by atoms with E-state index >= 15 is 0 Å². The van der Waals surface area contributed by atoms with Crippen molar-refractivity contribution in [3.05, 3.63) is 105 Å². The second-order valence-corrected chi connectivity index (χ2v) is 9.62. The Morgan fingerprint density at radius 1 is 0.917 bits per heavy atom. The van der Waals surface area contributed by atoms with E-state index in [-0.39, 0.29) is 0 Å². The van der Waals surface area contributed by atoms with Gasteiger partial charge in [0, 0.05) is 5.39 Å². The number of carbonyl (C=O) groups excluding carboxylic acids is 2. The summed E-state index contributed by atoms with van der Waals surface area (Å²) in [5, 5.41) is 7.04. The summed E-state index contributed by atoms with van der Waals surface area (Å²) in [5.41, 5.74) is 5.07. The highest BCUT2D eigenvalue weighted by atomic mass is 79.9. The number of aryl methyl sites for hydroxylation is 2. The molecular weight excluding hydrogens is 520 g/mol. The van der Waals surface area contributed by atoms with Crippen molar-refractivity contribution >= 4 is 44.7 Å². The van der Waals surface area contributed by atoms with E-state index in [9.17, 15) is 9.59 Å². The molecular formula is C29H21BrN2O4. The Balaban J connectivity index is 1.30. The highest BCUT2D eigenvalue weighted by molar-refractivity contribution is 9.10. The zero-order valence-corrected chi connectivity index (χ0v) is 21.0. The van der Waals surface area contributed by atoms with Crippen molar-refractivity contribution in [1.82, 2.24) is 5.01 Å². The third-order valence-electron chi connectivity index (χ3n) is 6.64. The molecule has 0 N–H and O–H groups in total. The van der Waals surface area contributed by atoms with Gasteiger partial charge < -0.3 is 9.47 Å². The Kier molecular flexibility index (Phi) is 5.57. The number of hydrazone groups is 1. The summed E-state index contributed by atoms with van der Waals surface area (Å²) in [7, 11) is 1.56. The minimum Gasteiger partial charge on any atom is -0.493 e. The fraction of sp³-hybridized carbons (Fsp3) is 0.138. The van der Waals surface area contributed by atoms with E-state index in [2.05, 4.69) is 21.0 Å². The normalized spacial score (nSPS) is 14.2. The summed E-state index contributed by atoms with van der Waals surface area (Å²) in [6, 6.07) is 21.0. The van der Waals surface area contributed by atoms with Crippen LogP contribution in [0.4, 0.5) is 0 Å². The molecule has 0 aromatic heterocycles. The third kappa shape index (κ3) is 3.67. The van der Waals surface area contributed by atoms with Gasteiger partial charge in [0.15, 0.2) is 11.5 Å². The number of ether oxygens (including phenoxy) is 2. The van der Waals surface area contributed by atoms with Gasteiger partial charge in [-0.2, -0.15) is 10.1 Å². The first-order valence-corrected chi connectivity index (χ1v) is 12.4. The average molecular weight is 541 g/mol. The van der Waals surface area contributed by atoms with E-state index in [0.29, 0.717) is 39.3 Å². The monoisotopic (exact) mass is 540 g/mol. The zero-order valence-electron chi connectivity index (χ0n) is 19.5. The van der Waals surface area contributed by atoms with Gasteiger partial charge in [-0.1, -0.05) is 42.5 Å². The molecule has 4 aromatic carbocycles. The molecule has 0 spiro atoms. The molecule has 0 saturated heterocycles. The number of amides is 2. The minimum absolute atomic E-state index is 0.383. The van der Waals surface area contributed by atoms with Crippen LogP contribution in [0.15, 0.2) is 76.3 Å².